The van der Waals surface area contributed by atoms with Crippen molar-refractivity contribution in [2.24, 2.45) is 0 Å². The number of allylic oxidation sites excluding steroid dienone is 3. The van der Waals surface area contributed by atoms with Gasteiger partial charge >= 0.3 is 37.2 Å². The van der Waals surface area contributed by atoms with Crippen LogP contribution in [0.4, 0.5) is 4.79 Å². The van der Waals surface area contributed by atoms with Gasteiger partial charge in [-0.15, -0.1) is 11.6 Å². The van der Waals surface area contributed by atoms with Crippen molar-refractivity contribution in [2.45, 2.75) is 60.5 Å². The average Bonchev–Trinajstić information content (AvgIpc) is 2.39. The molecule has 0 spiro atoms. The maximum absolute atomic E-state index is 11.5. The molecule has 0 bridgehead atoms. The first kappa shape index (κ1) is 28.1. The van der Waals surface area contributed by atoms with Crippen molar-refractivity contribution >= 4 is 12.4 Å². The molecule has 0 aromatic rings. The van der Waals surface area contributed by atoms with Crippen LogP contribution in [0.5, 0.6) is 0 Å². The van der Waals surface area contributed by atoms with Gasteiger partial charge in [0, 0.05) is 6.54 Å². The van der Waals surface area contributed by atoms with Crippen molar-refractivity contribution in [3.05, 3.63) is 29.3 Å². The molecule has 2 N–H and O–H groups in total. The van der Waals surface area contributed by atoms with Crippen LogP contribution in [0.2, 0.25) is 0 Å². The fourth-order valence-electron chi connectivity index (χ4n) is 1.22. The minimum Gasteiger partial charge on any atom is -0.444 e. The summed E-state index contributed by atoms with van der Waals surface area (Å²) in [5, 5.41) is 5.46. The zero-order valence-electron chi connectivity index (χ0n) is 16.3. The zero-order valence-corrected chi connectivity index (χ0v) is 20.5. The average molecular weight is 562 g/mol. The number of ether oxygens (including phenoxy) is 1. The molecule has 0 aromatic heterocycles. The minimum atomic E-state index is -0.546. The van der Waals surface area contributed by atoms with Crippen LogP contribution >= 0.6 is 0 Å². The van der Waals surface area contributed by atoms with Gasteiger partial charge < -0.3 is 26.1 Å². The van der Waals surface area contributed by atoms with Crippen molar-refractivity contribution in [1.82, 2.24) is 10.6 Å². The molecule has 1 amide bonds. The first-order chi connectivity index (χ1) is 10.6. The summed E-state index contributed by atoms with van der Waals surface area (Å²) in [6.07, 6.45) is 5.67. The summed E-state index contributed by atoms with van der Waals surface area (Å²) in [5.74, 6) is 1.42. The van der Waals surface area contributed by atoms with Crippen molar-refractivity contribution in [1.29, 1.82) is 0 Å². The van der Waals surface area contributed by atoms with Crippen LogP contribution in [0.1, 0.15) is 54.9 Å². The topological polar surface area (TPSA) is 67.4 Å². The maximum atomic E-state index is 11.5. The van der Waals surface area contributed by atoms with E-state index in [0.717, 1.165) is 6.42 Å². The monoisotopic (exact) mass is 562 g/mol. The molecular formula is C18H32N2O3U. The van der Waals surface area contributed by atoms with E-state index >= 15 is 0 Å². The Morgan fingerprint density at radius 3 is 2.08 bits per heavy atom. The van der Waals surface area contributed by atoms with Crippen molar-refractivity contribution in [3.8, 4) is 0 Å². The van der Waals surface area contributed by atoms with E-state index < -0.39 is 11.7 Å². The quantitative estimate of drug-likeness (QED) is 0.295. The predicted octanol–water partition coefficient (Wildman–Crippen LogP) is 3.68. The Labute approximate surface area is 171 Å². The standard InChI is InChI=1S/C14H23N2O3.C4H9.U/c1-6-7-8-11(10-17)12(15-5)9-16-13(18)19-14(2,3)4;1-4(2)3;/h7-8,15H,6,9H2,1-5H3,(H,16,18);1-3H3;/q2*-1;+2/b8-7+,12-11+;;. The molecule has 0 rings (SSSR count). The molecule has 0 aliphatic heterocycles. The van der Waals surface area contributed by atoms with Gasteiger partial charge in [-0.3, -0.25) is 0 Å². The molecule has 0 fully saturated rings. The number of carbonyl (C=O) groups is 1. The largest absolute Gasteiger partial charge is 2.00 e. The third kappa shape index (κ3) is 19.3. The summed E-state index contributed by atoms with van der Waals surface area (Å²) in [4.78, 5) is 22.4. The van der Waals surface area contributed by atoms with Gasteiger partial charge in [0.25, 0.3) is 0 Å². The van der Waals surface area contributed by atoms with Gasteiger partial charge in [0.05, 0.1) is 6.29 Å². The molecule has 0 atom stereocenters. The Morgan fingerprint density at radius 1 is 1.25 bits per heavy atom. The Bertz CT molecular complexity index is 408. The molecule has 0 aromatic carbocycles. The Hall–Kier alpha value is -0.728. The Kier molecular flexibility index (Phi) is 18.5. The first-order valence-corrected chi connectivity index (χ1v) is 7.76. The number of hydrogen-bond acceptors (Lipinski definition) is 4. The molecular weight excluding hydrogens is 530 g/mol. The van der Waals surface area contributed by atoms with Crippen LogP contribution in [-0.4, -0.2) is 31.6 Å². The first-order valence-electron chi connectivity index (χ1n) is 7.76. The van der Waals surface area contributed by atoms with E-state index in [9.17, 15) is 9.59 Å². The van der Waals surface area contributed by atoms with Crippen LogP contribution in [0.3, 0.4) is 0 Å². The molecule has 0 heterocycles. The van der Waals surface area contributed by atoms with Crippen LogP contribution in [0, 0.1) is 37.0 Å². The fourth-order valence-corrected chi connectivity index (χ4v) is 1.22. The number of rotatable bonds is 6. The third-order valence-electron chi connectivity index (χ3n) is 2.07. The number of nitrogens with one attached hydrogen (secondary N) is 2. The smallest absolute Gasteiger partial charge is 0.444 e. The van der Waals surface area contributed by atoms with Gasteiger partial charge in [-0.2, -0.15) is 26.8 Å². The van der Waals surface area contributed by atoms with E-state index in [1.165, 1.54) is 5.92 Å². The summed E-state index contributed by atoms with van der Waals surface area (Å²) < 4.78 is 5.11. The van der Waals surface area contributed by atoms with E-state index in [0.29, 0.717) is 11.3 Å². The summed E-state index contributed by atoms with van der Waals surface area (Å²) in [6.45, 7) is 13.8. The van der Waals surface area contributed by atoms with Gasteiger partial charge in [-0.1, -0.05) is 12.6 Å². The van der Waals surface area contributed by atoms with Gasteiger partial charge in [-0.05, 0) is 34.2 Å². The van der Waals surface area contributed by atoms with E-state index in [4.69, 9.17) is 4.74 Å². The van der Waals surface area contributed by atoms with Gasteiger partial charge in [-0.25, -0.2) is 4.79 Å². The molecule has 24 heavy (non-hydrogen) atoms. The normalized spacial score (nSPS) is 11.7. The maximum Gasteiger partial charge on any atom is 2.00 e. The molecule has 0 aliphatic carbocycles. The van der Waals surface area contributed by atoms with Crippen LogP contribution in [0.15, 0.2) is 23.4 Å². The van der Waals surface area contributed by atoms with Gasteiger partial charge in [0.1, 0.15) is 5.60 Å². The van der Waals surface area contributed by atoms with E-state index in [1.54, 1.807) is 33.9 Å². The van der Waals surface area contributed by atoms with E-state index in [2.05, 4.69) is 31.4 Å². The summed E-state index contributed by atoms with van der Waals surface area (Å²) >= 11 is 0. The Morgan fingerprint density at radius 2 is 1.75 bits per heavy atom. The fraction of sp³-hybridized carbons (Fsp3) is 0.611. The summed E-state index contributed by atoms with van der Waals surface area (Å²) in [6, 6.07) is 0. The van der Waals surface area contributed by atoms with Crippen molar-refractivity contribution < 1.29 is 45.4 Å². The minimum absolute atomic E-state index is 0. The molecule has 6 heteroatoms. The predicted molar refractivity (Wildman–Crippen MR) is 95.7 cm³/mol. The van der Waals surface area contributed by atoms with E-state index in [1.807, 2.05) is 19.3 Å². The molecule has 136 valence electrons. The molecule has 0 unspecified atom stereocenters. The molecule has 0 saturated carbocycles. The van der Waals surface area contributed by atoms with Crippen LogP contribution in [0.25, 0.3) is 0 Å². The zero-order chi connectivity index (χ0) is 18.5. The van der Waals surface area contributed by atoms with E-state index in [-0.39, 0.29) is 37.7 Å². The van der Waals surface area contributed by atoms with Gasteiger partial charge in [0.15, 0.2) is 0 Å². The molecule has 0 aliphatic rings. The third-order valence-corrected chi connectivity index (χ3v) is 2.07. The second kappa shape index (κ2) is 15.8. The van der Waals surface area contributed by atoms with Crippen molar-refractivity contribution in [3.63, 3.8) is 0 Å². The number of amides is 1. The van der Waals surface area contributed by atoms with Crippen LogP contribution in [-0.2, 0) is 9.53 Å². The molecule has 0 saturated heterocycles. The molecule has 0 radical (unpaired) electrons. The van der Waals surface area contributed by atoms with Crippen LogP contribution < -0.4 is 10.6 Å². The summed E-state index contributed by atoms with van der Waals surface area (Å²) in [7, 11) is 1.68. The second-order valence-corrected chi connectivity index (χ2v) is 6.41. The van der Waals surface area contributed by atoms with Crippen molar-refractivity contribution in [2.75, 3.05) is 13.6 Å². The SMILES string of the molecule is CC/C=C/C([C-]=O)=C(/CNC(=O)OC(C)(C)C)NC.C[C-](C)C.[U+2]. The number of alkyl carbamates (subject to hydrolysis) is 1. The Balaban J connectivity index is -0.000000787. The molecule has 5 nitrogen and oxygen atoms in total. The number of likely N-dealkylation sites (N-methyl/N-ethyl adjacent to an activating group) is 1. The van der Waals surface area contributed by atoms with Gasteiger partial charge in [0.2, 0.25) is 0 Å². The number of hydrogen-bond donors (Lipinski definition) is 2. The summed E-state index contributed by atoms with van der Waals surface area (Å²) in [5.41, 5.74) is 0.431. The number of carbonyl (C=O) groups excluding carboxylic acids is 2. The second-order valence-electron chi connectivity index (χ2n) is 6.41.